The molecule has 0 bridgehead atoms. The summed E-state index contributed by atoms with van der Waals surface area (Å²) in [4.78, 5) is 0.213. The molecule has 1 aromatic rings. The summed E-state index contributed by atoms with van der Waals surface area (Å²) in [5, 5.41) is 0. The molecule has 19 heavy (non-hydrogen) atoms. The lowest BCUT2D eigenvalue weighted by molar-refractivity contribution is 0.341. The van der Waals surface area contributed by atoms with E-state index >= 15 is 0 Å². The van der Waals surface area contributed by atoms with Crippen LogP contribution in [-0.2, 0) is 14.8 Å². The molecule has 0 spiro atoms. The van der Waals surface area contributed by atoms with Gasteiger partial charge in [-0.05, 0) is 44.5 Å². The highest BCUT2D eigenvalue weighted by molar-refractivity contribution is 9.10. The van der Waals surface area contributed by atoms with Gasteiger partial charge in [-0.2, -0.15) is 0 Å². The van der Waals surface area contributed by atoms with Crippen molar-refractivity contribution in [2.45, 2.75) is 31.2 Å². The van der Waals surface area contributed by atoms with Crippen molar-refractivity contribution in [2.24, 2.45) is 0 Å². The normalized spacial score (nSPS) is 12.9. The first-order valence-corrected chi connectivity index (χ1v) is 7.96. The van der Waals surface area contributed by atoms with E-state index in [4.69, 9.17) is 4.74 Å². The molecule has 0 aromatic heterocycles. The molecule has 1 aromatic carbocycles. The van der Waals surface area contributed by atoms with Crippen LogP contribution in [0.2, 0.25) is 0 Å². The van der Waals surface area contributed by atoms with Gasteiger partial charge in [0.2, 0.25) is 10.0 Å². The molecule has 0 saturated carbocycles. The number of sulfonamides is 1. The average molecular weight is 348 g/mol. The van der Waals surface area contributed by atoms with Gasteiger partial charge >= 0.3 is 0 Å². The molecule has 1 N–H and O–H groups in total. The summed E-state index contributed by atoms with van der Waals surface area (Å²) in [6.07, 6.45) is 3.06. The lowest BCUT2D eigenvalue weighted by atomic mass is 10.1. The van der Waals surface area contributed by atoms with Crippen LogP contribution in [0.4, 0.5) is 0 Å². The summed E-state index contributed by atoms with van der Waals surface area (Å²) in [5.41, 5.74) is 0.0328. The van der Waals surface area contributed by atoms with Crippen molar-refractivity contribution in [3.05, 3.63) is 34.5 Å². The van der Waals surface area contributed by atoms with Crippen molar-refractivity contribution in [1.29, 1.82) is 0 Å². The van der Waals surface area contributed by atoms with Gasteiger partial charge in [0.15, 0.2) is 0 Å². The number of benzene rings is 1. The van der Waals surface area contributed by atoms with E-state index in [1.54, 1.807) is 45.0 Å². The molecular weight excluding hydrogens is 330 g/mol. The van der Waals surface area contributed by atoms with Crippen molar-refractivity contribution in [3.63, 3.8) is 0 Å². The zero-order chi connectivity index (χ0) is 14.7. The number of methoxy groups -OCH3 is 1. The zero-order valence-corrected chi connectivity index (χ0v) is 13.8. The smallest absolute Gasteiger partial charge is 0.241 e. The highest BCUT2D eigenvalue weighted by Crippen LogP contribution is 2.23. The molecule has 0 unspecified atom stereocenters. The molecule has 0 heterocycles. The van der Waals surface area contributed by atoms with Crippen LogP contribution in [-0.4, -0.2) is 21.1 Å². The van der Waals surface area contributed by atoms with E-state index in [0.717, 1.165) is 0 Å². The largest absolute Gasteiger partial charge is 0.504 e. The molecule has 0 aliphatic rings. The van der Waals surface area contributed by atoms with E-state index in [2.05, 4.69) is 20.7 Å². The van der Waals surface area contributed by atoms with E-state index in [1.165, 1.54) is 13.4 Å². The number of hydrogen-bond donors (Lipinski definition) is 1. The van der Waals surface area contributed by atoms with Gasteiger partial charge in [0.1, 0.15) is 0 Å². The van der Waals surface area contributed by atoms with Crippen LogP contribution < -0.4 is 4.72 Å². The van der Waals surface area contributed by atoms with Crippen molar-refractivity contribution in [3.8, 4) is 0 Å². The zero-order valence-electron chi connectivity index (χ0n) is 11.4. The summed E-state index contributed by atoms with van der Waals surface area (Å²) in [6.45, 7) is 5.40. The monoisotopic (exact) mass is 347 g/mol. The summed E-state index contributed by atoms with van der Waals surface area (Å²) < 4.78 is 32.9. The minimum absolute atomic E-state index is 0.213. The number of nitrogens with one attached hydrogen (secondary N) is 1. The Hall–Kier alpha value is -0.850. The third-order valence-electron chi connectivity index (χ3n) is 2.09. The van der Waals surface area contributed by atoms with Gasteiger partial charge < -0.3 is 4.74 Å². The number of ether oxygens (including phenoxy) is 1. The molecule has 0 amide bonds. The van der Waals surface area contributed by atoms with E-state index in [0.29, 0.717) is 10.0 Å². The standard InChI is InChI=1S/C13H18BrNO3S/c1-13(2,3)15-19(16,17)12-9-11(14)6-5-10(12)7-8-18-4/h5-9,15H,1-4H3. The van der Waals surface area contributed by atoms with Gasteiger partial charge in [-0.25, -0.2) is 13.1 Å². The third kappa shape index (κ3) is 4.97. The Morgan fingerprint density at radius 3 is 2.47 bits per heavy atom. The van der Waals surface area contributed by atoms with Crippen LogP contribution in [0.1, 0.15) is 26.3 Å². The Morgan fingerprint density at radius 2 is 1.95 bits per heavy atom. The molecule has 0 radical (unpaired) electrons. The molecule has 0 aliphatic carbocycles. The maximum Gasteiger partial charge on any atom is 0.241 e. The minimum atomic E-state index is -3.59. The highest BCUT2D eigenvalue weighted by atomic mass is 79.9. The minimum Gasteiger partial charge on any atom is -0.504 e. The van der Waals surface area contributed by atoms with Crippen LogP contribution in [0.15, 0.2) is 33.8 Å². The van der Waals surface area contributed by atoms with E-state index in [-0.39, 0.29) is 4.90 Å². The fraction of sp³-hybridized carbons (Fsp3) is 0.385. The summed E-state index contributed by atoms with van der Waals surface area (Å²) in [6, 6.07) is 5.08. The Balaban J connectivity index is 3.32. The molecule has 0 fully saturated rings. The van der Waals surface area contributed by atoms with Gasteiger partial charge in [0, 0.05) is 10.0 Å². The molecule has 0 saturated heterocycles. The first kappa shape index (κ1) is 16.2. The highest BCUT2D eigenvalue weighted by Gasteiger charge is 2.24. The summed E-state index contributed by atoms with van der Waals surface area (Å²) >= 11 is 3.29. The Bertz CT molecular complexity index is 574. The lowest BCUT2D eigenvalue weighted by Gasteiger charge is -2.21. The maximum absolute atomic E-state index is 12.4. The van der Waals surface area contributed by atoms with Crippen LogP contribution in [0.5, 0.6) is 0 Å². The molecule has 0 aliphatic heterocycles. The Labute approximate surface area is 123 Å². The molecular formula is C13H18BrNO3S. The first-order chi connectivity index (χ1) is 8.65. The second-order valence-corrected chi connectivity index (χ2v) is 7.64. The van der Waals surface area contributed by atoms with Crippen molar-refractivity contribution < 1.29 is 13.2 Å². The van der Waals surface area contributed by atoms with Gasteiger partial charge in [-0.15, -0.1) is 0 Å². The summed E-state index contributed by atoms with van der Waals surface area (Å²) in [5.74, 6) is 0. The van der Waals surface area contributed by atoms with Crippen LogP contribution in [0.25, 0.3) is 6.08 Å². The average Bonchev–Trinajstić information content (AvgIpc) is 2.24. The van der Waals surface area contributed by atoms with Crippen molar-refractivity contribution in [2.75, 3.05) is 7.11 Å². The second kappa shape index (κ2) is 6.07. The number of halogens is 1. The molecule has 4 nitrogen and oxygen atoms in total. The van der Waals surface area contributed by atoms with Crippen molar-refractivity contribution in [1.82, 2.24) is 4.72 Å². The predicted octanol–water partition coefficient (Wildman–Crippen LogP) is 3.14. The fourth-order valence-electron chi connectivity index (χ4n) is 1.48. The van der Waals surface area contributed by atoms with E-state index in [9.17, 15) is 8.42 Å². The van der Waals surface area contributed by atoms with E-state index in [1.807, 2.05) is 0 Å². The van der Waals surface area contributed by atoms with Gasteiger partial charge in [0.05, 0.1) is 18.3 Å². The second-order valence-electron chi connectivity index (χ2n) is 5.08. The van der Waals surface area contributed by atoms with Gasteiger partial charge in [-0.1, -0.05) is 22.0 Å². The lowest BCUT2D eigenvalue weighted by Crippen LogP contribution is -2.40. The predicted molar refractivity (Wildman–Crippen MR) is 80.3 cm³/mol. The fourth-order valence-corrected chi connectivity index (χ4v) is 3.64. The molecule has 1 rings (SSSR count). The van der Waals surface area contributed by atoms with E-state index < -0.39 is 15.6 Å². The quantitative estimate of drug-likeness (QED) is 0.851. The Kier molecular flexibility index (Phi) is 5.18. The Morgan fingerprint density at radius 1 is 1.32 bits per heavy atom. The van der Waals surface area contributed by atoms with Crippen molar-refractivity contribution >= 4 is 32.0 Å². The van der Waals surface area contributed by atoms with Gasteiger partial charge in [-0.3, -0.25) is 0 Å². The topological polar surface area (TPSA) is 55.4 Å². The number of hydrogen-bond acceptors (Lipinski definition) is 3. The number of rotatable bonds is 4. The first-order valence-electron chi connectivity index (χ1n) is 5.68. The van der Waals surface area contributed by atoms with Crippen LogP contribution in [0.3, 0.4) is 0 Å². The molecule has 106 valence electrons. The SMILES string of the molecule is COC=Cc1ccc(Br)cc1S(=O)(=O)NC(C)(C)C. The third-order valence-corrected chi connectivity index (χ3v) is 4.40. The summed E-state index contributed by atoms with van der Waals surface area (Å²) in [7, 11) is -2.08. The van der Waals surface area contributed by atoms with Crippen LogP contribution >= 0.6 is 15.9 Å². The maximum atomic E-state index is 12.4. The van der Waals surface area contributed by atoms with Crippen LogP contribution in [0, 0.1) is 0 Å². The molecule has 6 heteroatoms. The molecule has 0 atom stereocenters. The van der Waals surface area contributed by atoms with Gasteiger partial charge in [0.25, 0.3) is 0 Å².